The molecule has 0 spiro atoms. The van der Waals surface area contributed by atoms with Gasteiger partial charge in [-0.1, -0.05) is 5.21 Å². The number of carboxylic acids is 1. The van der Waals surface area contributed by atoms with Gasteiger partial charge in [0.2, 0.25) is 5.91 Å². The molecule has 9 heteroatoms. The van der Waals surface area contributed by atoms with Crippen LogP contribution in [0.1, 0.15) is 10.5 Å². The molecule has 1 unspecified atom stereocenters. The summed E-state index contributed by atoms with van der Waals surface area (Å²) in [7, 11) is 0. The fourth-order valence-electron chi connectivity index (χ4n) is 1.56. The number of rotatable bonds is 5. The van der Waals surface area contributed by atoms with Gasteiger partial charge in [0.15, 0.2) is 5.69 Å². The van der Waals surface area contributed by atoms with Gasteiger partial charge in [0.1, 0.15) is 6.54 Å². The standard InChI is InChI=1S/C10H14N4O5/c15-9(11-3-7-6-18-1-2-19-7)5-14-4-8(10(16)17)12-13-14/h4,7H,1-3,5-6H2,(H,11,15)(H,16,17). The van der Waals surface area contributed by atoms with Crippen LogP contribution in [0.25, 0.3) is 0 Å². The molecule has 1 fully saturated rings. The summed E-state index contributed by atoms with van der Waals surface area (Å²) in [5.41, 5.74) is -0.197. The first-order chi connectivity index (χ1) is 9.15. The molecule has 0 aliphatic carbocycles. The summed E-state index contributed by atoms with van der Waals surface area (Å²) in [6, 6.07) is 0. The van der Waals surface area contributed by atoms with Crippen molar-refractivity contribution in [2.45, 2.75) is 12.6 Å². The monoisotopic (exact) mass is 270 g/mol. The maximum absolute atomic E-state index is 11.6. The summed E-state index contributed by atoms with van der Waals surface area (Å²) in [6.07, 6.45) is 1.05. The summed E-state index contributed by atoms with van der Waals surface area (Å²) >= 11 is 0. The smallest absolute Gasteiger partial charge is 0.358 e. The van der Waals surface area contributed by atoms with Gasteiger partial charge in [0.05, 0.1) is 32.1 Å². The van der Waals surface area contributed by atoms with Gasteiger partial charge in [-0.3, -0.25) is 4.79 Å². The second-order valence-electron chi connectivity index (χ2n) is 3.98. The van der Waals surface area contributed by atoms with Gasteiger partial charge in [-0.25, -0.2) is 9.48 Å². The first-order valence-corrected chi connectivity index (χ1v) is 5.74. The SMILES string of the molecule is O=C(Cn1cc(C(=O)O)nn1)NCC1COCCO1. The van der Waals surface area contributed by atoms with Crippen LogP contribution in [0.2, 0.25) is 0 Å². The normalized spacial score (nSPS) is 19.1. The Labute approximate surface area is 108 Å². The molecule has 1 saturated heterocycles. The van der Waals surface area contributed by atoms with Crippen molar-refractivity contribution >= 4 is 11.9 Å². The second-order valence-corrected chi connectivity index (χ2v) is 3.98. The Morgan fingerprint density at radius 1 is 1.53 bits per heavy atom. The average molecular weight is 270 g/mol. The minimum atomic E-state index is -1.18. The number of nitrogens with zero attached hydrogens (tertiary/aromatic N) is 3. The minimum Gasteiger partial charge on any atom is -0.476 e. The number of hydrogen-bond acceptors (Lipinski definition) is 6. The summed E-state index contributed by atoms with van der Waals surface area (Å²) in [5, 5.41) is 18.3. The van der Waals surface area contributed by atoms with E-state index in [1.54, 1.807) is 0 Å². The molecule has 1 atom stereocenters. The Hall–Kier alpha value is -2.00. The van der Waals surface area contributed by atoms with Crippen molar-refractivity contribution in [3.63, 3.8) is 0 Å². The highest BCUT2D eigenvalue weighted by Crippen LogP contribution is 1.99. The first kappa shape index (κ1) is 13.4. The second kappa shape index (κ2) is 6.25. The third kappa shape index (κ3) is 4.00. The summed E-state index contributed by atoms with van der Waals surface area (Å²) in [5.74, 6) is -1.48. The highest BCUT2D eigenvalue weighted by molar-refractivity contribution is 5.84. The Morgan fingerprint density at radius 3 is 3.00 bits per heavy atom. The number of carbonyl (C=O) groups excluding carboxylic acids is 1. The van der Waals surface area contributed by atoms with Crippen LogP contribution in [0, 0.1) is 0 Å². The van der Waals surface area contributed by atoms with Crippen LogP contribution in [-0.4, -0.2) is 64.4 Å². The van der Waals surface area contributed by atoms with E-state index in [1.807, 2.05) is 0 Å². The van der Waals surface area contributed by atoms with E-state index in [4.69, 9.17) is 14.6 Å². The van der Waals surface area contributed by atoms with E-state index in [0.29, 0.717) is 26.4 Å². The van der Waals surface area contributed by atoms with Crippen LogP contribution < -0.4 is 5.32 Å². The molecule has 0 bridgehead atoms. The average Bonchev–Trinajstić information content (AvgIpc) is 2.86. The fraction of sp³-hybridized carbons (Fsp3) is 0.600. The molecular weight excluding hydrogens is 256 g/mol. The van der Waals surface area contributed by atoms with Crippen molar-refractivity contribution in [3.05, 3.63) is 11.9 Å². The maximum Gasteiger partial charge on any atom is 0.358 e. The molecule has 1 aliphatic heterocycles. The highest BCUT2D eigenvalue weighted by atomic mass is 16.6. The summed E-state index contributed by atoms with van der Waals surface area (Å²) in [6.45, 7) is 1.80. The van der Waals surface area contributed by atoms with Crippen molar-refractivity contribution in [2.75, 3.05) is 26.4 Å². The van der Waals surface area contributed by atoms with Crippen LogP contribution in [0.3, 0.4) is 0 Å². The van der Waals surface area contributed by atoms with Gasteiger partial charge in [-0.05, 0) is 0 Å². The number of aromatic nitrogens is 3. The zero-order chi connectivity index (χ0) is 13.7. The van der Waals surface area contributed by atoms with Crippen LogP contribution in [0.15, 0.2) is 6.20 Å². The molecule has 1 aliphatic rings. The molecule has 9 nitrogen and oxygen atoms in total. The number of nitrogens with one attached hydrogen (secondary N) is 1. The third-order valence-electron chi connectivity index (χ3n) is 2.48. The van der Waals surface area contributed by atoms with Gasteiger partial charge in [0.25, 0.3) is 0 Å². The predicted octanol–water partition coefficient (Wildman–Crippen LogP) is -1.49. The number of carboxylic acid groups (broad SMARTS) is 1. The van der Waals surface area contributed by atoms with Gasteiger partial charge in [-0.15, -0.1) is 5.10 Å². The fourth-order valence-corrected chi connectivity index (χ4v) is 1.56. The van der Waals surface area contributed by atoms with E-state index in [-0.39, 0.29) is 24.2 Å². The molecule has 1 amide bonds. The van der Waals surface area contributed by atoms with Crippen molar-refractivity contribution in [3.8, 4) is 0 Å². The number of aromatic carboxylic acids is 1. The Bertz CT molecular complexity index is 455. The summed E-state index contributed by atoms with van der Waals surface area (Å²) in [4.78, 5) is 22.2. The molecule has 2 rings (SSSR count). The largest absolute Gasteiger partial charge is 0.476 e. The Balaban J connectivity index is 1.75. The molecule has 0 radical (unpaired) electrons. The lowest BCUT2D eigenvalue weighted by Crippen LogP contribution is -2.40. The molecule has 1 aromatic heterocycles. The molecule has 1 aromatic rings. The van der Waals surface area contributed by atoms with Gasteiger partial charge in [0, 0.05) is 6.54 Å². The van der Waals surface area contributed by atoms with Gasteiger partial charge in [-0.2, -0.15) is 0 Å². The van der Waals surface area contributed by atoms with Crippen LogP contribution in [0.4, 0.5) is 0 Å². The van der Waals surface area contributed by atoms with E-state index in [0.717, 1.165) is 4.68 Å². The Morgan fingerprint density at radius 2 is 2.37 bits per heavy atom. The number of ether oxygens (including phenoxy) is 2. The maximum atomic E-state index is 11.6. The molecule has 0 aromatic carbocycles. The van der Waals surface area contributed by atoms with Gasteiger partial charge >= 0.3 is 5.97 Å². The molecule has 19 heavy (non-hydrogen) atoms. The van der Waals surface area contributed by atoms with E-state index < -0.39 is 5.97 Å². The molecular formula is C10H14N4O5. The summed E-state index contributed by atoms with van der Waals surface area (Å²) < 4.78 is 11.7. The predicted molar refractivity (Wildman–Crippen MR) is 60.6 cm³/mol. The van der Waals surface area contributed by atoms with Crippen molar-refractivity contribution in [1.29, 1.82) is 0 Å². The molecule has 0 saturated carbocycles. The van der Waals surface area contributed by atoms with Crippen LogP contribution >= 0.6 is 0 Å². The quantitative estimate of drug-likeness (QED) is 0.669. The highest BCUT2D eigenvalue weighted by Gasteiger charge is 2.16. The minimum absolute atomic E-state index is 0.0894. The van der Waals surface area contributed by atoms with Crippen molar-refractivity contribution < 1.29 is 24.2 Å². The zero-order valence-electron chi connectivity index (χ0n) is 10.1. The van der Waals surface area contributed by atoms with Crippen LogP contribution in [-0.2, 0) is 20.8 Å². The van der Waals surface area contributed by atoms with E-state index in [1.165, 1.54) is 6.20 Å². The lowest BCUT2D eigenvalue weighted by Gasteiger charge is -2.22. The first-order valence-electron chi connectivity index (χ1n) is 5.74. The third-order valence-corrected chi connectivity index (χ3v) is 2.48. The van der Waals surface area contributed by atoms with Crippen LogP contribution in [0.5, 0.6) is 0 Å². The van der Waals surface area contributed by atoms with Crippen molar-refractivity contribution in [1.82, 2.24) is 20.3 Å². The molecule has 104 valence electrons. The zero-order valence-corrected chi connectivity index (χ0v) is 10.1. The Kier molecular flexibility index (Phi) is 4.42. The molecule has 2 N–H and O–H groups in total. The number of carbonyl (C=O) groups is 2. The number of hydrogen-bond donors (Lipinski definition) is 2. The van der Waals surface area contributed by atoms with Gasteiger partial charge < -0.3 is 19.9 Å². The van der Waals surface area contributed by atoms with Crippen molar-refractivity contribution in [2.24, 2.45) is 0 Å². The van der Waals surface area contributed by atoms with E-state index in [9.17, 15) is 9.59 Å². The topological polar surface area (TPSA) is 116 Å². The van der Waals surface area contributed by atoms with E-state index >= 15 is 0 Å². The molecule has 2 heterocycles. The number of amides is 1. The lowest BCUT2D eigenvalue weighted by atomic mass is 10.3. The van der Waals surface area contributed by atoms with E-state index in [2.05, 4.69) is 15.6 Å². The lowest BCUT2D eigenvalue weighted by molar-refractivity contribution is -0.124.